The lowest BCUT2D eigenvalue weighted by molar-refractivity contribution is -0.140. The lowest BCUT2D eigenvalue weighted by Crippen LogP contribution is -2.56. The molecule has 1 atom stereocenters. The molecule has 1 fully saturated rings. The Kier molecular flexibility index (Phi) is 3.46. The number of hydrogen-bond acceptors (Lipinski definition) is 3. The summed E-state index contributed by atoms with van der Waals surface area (Å²) in [6.45, 7) is 3.25. The second-order valence-corrected chi connectivity index (χ2v) is 3.71. The summed E-state index contributed by atoms with van der Waals surface area (Å²) in [7, 11) is 1.60. The lowest BCUT2D eigenvalue weighted by Gasteiger charge is -2.41. The third-order valence-corrected chi connectivity index (χ3v) is 2.62. The van der Waals surface area contributed by atoms with Gasteiger partial charge in [-0.1, -0.05) is 0 Å². The van der Waals surface area contributed by atoms with Crippen LogP contribution in [0.3, 0.4) is 0 Å². The average Bonchev–Trinajstić information content (AvgIpc) is 2.07. The number of nitrogens with one attached hydrogen (secondary N) is 1. The minimum Gasteiger partial charge on any atom is -0.481 e. The quantitative estimate of drug-likeness (QED) is 0.643. The number of nitrogens with zero attached hydrogens (tertiary/aromatic N) is 1. The summed E-state index contributed by atoms with van der Waals surface area (Å²) in [5.74, 6) is -0.569. The van der Waals surface area contributed by atoms with Gasteiger partial charge in [-0.25, -0.2) is 0 Å². The van der Waals surface area contributed by atoms with Crippen LogP contribution in [0.4, 0.5) is 0 Å². The van der Waals surface area contributed by atoms with Crippen LogP contribution in [0.1, 0.15) is 13.3 Å². The molecule has 5 heteroatoms. The van der Waals surface area contributed by atoms with Crippen LogP contribution >= 0.6 is 0 Å². The summed E-state index contributed by atoms with van der Waals surface area (Å²) in [6.07, 6.45) is 0.205. The van der Waals surface area contributed by atoms with Gasteiger partial charge in [0.15, 0.2) is 0 Å². The van der Waals surface area contributed by atoms with Gasteiger partial charge in [-0.15, -0.1) is 0 Å². The van der Waals surface area contributed by atoms with Gasteiger partial charge >= 0.3 is 5.97 Å². The van der Waals surface area contributed by atoms with Crippen LogP contribution in [-0.4, -0.2) is 48.1 Å². The third-order valence-electron chi connectivity index (χ3n) is 2.62. The number of carbonyl (C=O) groups excluding carboxylic acids is 1. The molecule has 14 heavy (non-hydrogen) atoms. The van der Waals surface area contributed by atoms with Gasteiger partial charge in [0, 0.05) is 20.1 Å². The van der Waals surface area contributed by atoms with Gasteiger partial charge < -0.3 is 10.4 Å². The summed E-state index contributed by atoms with van der Waals surface area (Å²) in [5, 5.41) is 11.1. The number of carboxylic acids is 1. The summed E-state index contributed by atoms with van der Waals surface area (Å²) in [5.41, 5.74) is 0. The Morgan fingerprint density at radius 2 is 2.14 bits per heavy atom. The van der Waals surface area contributed by atoms with E-state index in [1.807, 2.05) is 11.8 Å². The minimum absolute atomic E-state index is 0.0150. The van der Waals surface area contributed by atoms with Crippen LogP contribution in [0.2, 0.25) is 0 Å². The van der Waals surface area contributed by atoms with Crippen molar-refractivity contribution in [3.05, 3.63) is 0 Å². The van der Waals surface area contributed by atoms with Crippen molar-refractivity contribution >= 4 is 11.9 Å². The van der Waals surface area contributed by atoms with Crippen molar-refractivity contribution in [1.29, 1.82) is 0 Å². The van der Waals surface area contributed by atoms with Crippen LogP contribution < -0.4 is 5.32 Å². The highest BCUT2D eigenvalue weighted by Crippen LogP contribution is 2.21. The van der Waals surface area contributed by atoms with Crippen molar-refractivity contribution in [1.82, 2.24) is 10.2 Å². The lowest BCUT2D eigenvalue weighted by atomic mass is 9.94. The Balaban J connectivity index is 2.27. The molecular weight excluding hydrogens is 184 g/mol. The van der Waals surface area contributed by atoms with E-state index < -0.39 is 5.97 Å². The van der Waals surface area contributed by atoms with Gasteiger partial charge in [-0.2, -0.15) is 0 Å². The highest BCUT2D eigenvalue weighted by molar-refractivity contribution is 5.81. The number of rotatable bonds is 4. The van der Waals surface area contributed by atoms with Crippen molar-refractivity contribution in [3.8, 4) is 0 Å². The van der Waals surface area contributed by atoms with Gasteiger partial charge in [0.2, 0.25) is 5.91 Å². The first-order valence-electron chi connectivity index (χ1n) is 4.72. The van der Waals surface area contributed by atoms with Gasteiger partial charge in [0.05, 0.1) is 12.5 Å². The smallest absolute Gasteiger partial charge is 0.303 e. The fourth-order valence-electron chi connectivity index (χ4n) is 1.68. The van der Waals surface area contributed by atoms with E-state index in [1.165, 1.54) is 0 Å². The number of hydrogen-bond donors (Lipinski definition) is 2. The van der Waals surface area contributed by atoms with Crippen LogP contribution in [0, 0.1) is 5.92 Å². The summed E-state index contributed by atoms with van der Waals surface area (Å²) < 4.78 is 0. The molecule has 2 N–H and O–H groups in total. The molecule has 0 radical (unpaired) electrons. The number of likely N-dealkylation sites (N-methyl/N-ethyl adjacent to an activating group) is 1. The van der Waals surface area contributed by atoms with Gasteiger partial charge in [0.1, 0.15) is 0 Å². The zero-order valence-electron chi connectivity index (χ0n) is 8.49. The number of amides is 1. The maximum Gasteiger partial charge on any atom is 0.303 e. The molecule has 1 saturated heterocycles. The fourth-order valence-corrected chi connectivity index (χ4v) is 1.68. The van der Waals surface area contributed by atoms with E-state index in [0.717, 1.165) is 0 Å². The topological polar surface area (TPSA) is 69.6 Å². The van der Waals surface area contributed by atoms with Crippen molar-refractivity contribution in [2.75, 3.05) is 20.1 Å². The van der Waals surface area contributed by atoms with E-state index in [-0.39, 0.29) is 24.3 Å². The molecular formula is C9H16N2O3. The zero-order chi connectivity index (χ0) is 10.7. The van der Waals surface area contributed by atoms with E-state index in [9.17, 15) is 9.59 Å². The number of likely N-dealkylation sites (tertiary alicyclic amines) is 1. The molecule has 0 aromatic heterocycles. The molecule has 1 heterocycles. The van der Waals surface area contributed by atoms with E-state index >= 15 is 0 Å². The molecule has 80 valence electrons. The average molecular weight is 200 g/mol. The first-order valence-corrected chi connectivity index (χ1v) is 4.72. The monoisotopic (exact) mass is 200 g/mol. The van der Waals surface area contributed by atoms with E-state index in [4.69, 9.17) is 5.11 Å². The zero-order valence-corrected chi connectivity index (χ0v) is 8.49. The molecule has 0 aromatic carbocycles. The molecule has 0 aromatic rings. The standard InChI is InChI=1S/C9H16N2O3/c1-6(9(14)10-2)11-4-7(5-11)3-8(12)13/h6-7H,3-5H2,1-2H3,(H,10,14)(H,12,13). The Labute approximate surface area is 83.1 Å². The van der Waals surface area contributed by atoms with Crippen LogP contribution in [0.25, 0.3) is 0 Å². The molecule has 0 saturated carbocycles. The molecule has 1 aliphatic rings. The Morgan fingerprint density at radius 1 is 1.57 bits per heavy atom. The summed E-state index contributed by atoms with van der Waals surface area (Å²) >= 11 is 0. The van der Waals surface area contributed by atoms with Crippen LogP contribution in [0.5, 0.6) is 0 Å². The van der Waals surface area contributed by atoms with Crippen molar-refractivity contribution in [2.45, 2.75) is 19.4 Å². The predicted octanol–water partition coefficient (Wildman–Crippen LogP) is -0.473. The fraction of sp³-hybridized carbons (Fsp3) is 0.778. The van der Waals surface area contributed by atoms with Crippen molar-refractivity contribution in [3.63, 3.8) is 0 Å². The Morgan fingerprint density at radius 3 is 2.57 bits per heavy atom. The molecule has 0 spiro atoms. The highest BCUT2D eigenvalue weighted by Gasteiger charge is 2.33. The summed E-state index contributed by atoms with van der Waals surface area (Å²) in [4.78, 5) is 23.6. The van der Waals surface area contributed by atoms with Gasteiger partial charge in [-0.05, 0) is 12.8 Å². The van der Waals surface area contributed by atoms with Crippen LogP contribution in [0.15, 0.2) is 0 Å². The second-order valence-electron chi connectivity index (χ2n) is 3.71. The van der Waals surface area contributed by atoms with Gasteiger partial charge in [0.25, 0.3) is 0 Å². The van der Waals surface area contributed by atoms with Gasteiger partial charge in [-0.3, -0.25) is 14.5 Å². The van der Waals surface area contributed by atoms with E-state index in [1.54, 1.807) is 7.05 Å². The maximum absolute atomic E-state index is 11.2. The Hall–Kier alpha value is -1.10. The summed E-state index contributed by atoms with van der Waals surface area (Å²) in [6, 6.07) is -0.148. The number of carbonyl (C=O) groups is 2. The molecule has 1 unspecified atom stereocenters. The molecule has 1 rings (SSSR count). The largest absolute Gasteiger partial charge is 0.481 e. The predicted molar refractivity (Wildman–Crippen MR) is 50.8 cm³/mol. The maximum atomic E-state index is 11.2. The van der Waals surface area contributed by atoms with Crippen LogP contribution in [-0.2, 0) is 9.59 Å². The number of aliphatic carboxylic acids is 1. The second kappa shape index (κ2) is 4.41. The molecule has 0 bridgehead atoms. The molecule has 1 aliphatic heterocycles. The molecule has 1 amide bonds. The Bertz CT molecular complexity index is 236. The first kappa shape index (κ1) is 11.0. The minimum atomic E-state index is -0.762. The van der Waals surface area contributed by atoms with E-state index in [0.29, 0.717) is 13.1 Å². The third kappa shape index (κ3) is 2.45. The van der Waals surface area contributed by atoms with Crippen molar-refractivity contribution < 1.29 is 14.7 Å². The SMILES string of the molecule is CNC(=O)C(C)N1CC(CC(=O)O)C1. The normalized spacial score (nSPS) is 19.9. The number of carboxylic acid groups (broad SMARTS) is 1. The molecule has 0 aliphatic carbocycles. The van der Waals surface area contributed by atoms with E-state index in [2.05, 4.69) is 5.32 Å². The van der Waals surface area contributed by atoms with Crippen molar-refractivity contribution in [2.24, 2.45) is 5.92 Å². The molecule has 5 nitrogen and oxygen atoms in total. The first-order chi connectivity index (χ1) is 6.54. The highest BCUT2D eigenvalue weighted by atomic mass is 16.4.